The lowest BCUT2D eigenvalue weighted by atomic mass is 10.2. The zero-order valence-electron chi connectivity index (χ0n) is 8.79. The fourth-order valence-electron chi connectivity index (χ4n) is 1.89. The van der Waals surface area contributed by atoms with Crippen molar-refractivity contribution in [2.24, 2.45) is 0 Å². The van der Waals surface area contributed by atoms with Gasteiger partial charge in [0.05, 0.1) is 0 Å². The lowest BCUT2D eigenvalue weighted by Crippen LogP contribution is -2.84. The summed E-state index contributed by atoms with van der Waals surface area (Å²) in [5.41, 5.74) is 1.16. The Morgan fingerprint density at radius 1 is 1.33 bits per heavy atom. The van der Waals surface area contributed by atoms with Crippen LogP contribution in [0, 0.1) is 5.82 Å². The number of halogens is 1. The van der Waals surface area contributed by atoms with Gasteiger partial charge in [0.1, 0.15) is 25.0 Å². The topological polar surface area (TPSA) is 25.8 Å². The van der Waals surface area contributed by atoms with Gasteiger partial charge in [-0.05, 0) is 25.0 Å². The zero-order chi connectivity index (χ0) is 10.5. The van der Waals surface area contributed by atoms with Crippen molar-refractivity contribution in [3.05, 3.63) is 35.6 Å². The molecule has 1 heterocycles. The van der Waals surface area contributed by atoms with Crippen LogP contribution in [0.2, 0.25) is 0 Å². The second-order valence-electron chi connectivity index (χ2n) is 3.99. The largest absolute Gasteiger partial charge is 0.372 e. The summed E-state index contributed by atoms with van der Waals surface area (Å²) >= 11 is 0. The van der Waals surface area contributed by atoms with Crippen LogP contribution in [0.5, 0.6) is 0 Å². The summed E-state index contributed by atoms with van der Waals surface area (Å²) in [5, 5.41) is 2.23. The Bertz CT molecular complexity index is 293. The molecule has 15 heavy (non-hydrogen) atoms. The van der Waals surface area contributed by atoms with Crippen LogP contribution in [0.25, 0.3) is 0 Å². The van der Waals surface area contributed by atoms with E-state index in [1.165, 1.54) is 25.0 Å². The Kier molecular flexibility index (Phi) is 3.69. The van der Waals surface area contributed by atoms with Gasteiger partial charge in [0.25, 0.3) is 0 Å². The van der Waals surface area contributed by atoms with Crippen molar-refractivity contribution in [1.82, 2.24) is 0 Å². The molecule has 0 aromatic heterocycles. The van der Waals surface area contributed by atoms with Crippen LogP contribution in [0.4, 0.5) is 4.39 Å². The highest BCUT2D eigenvalue weighted by Crippen LogP contribution is 2.09. The van der Waals surface area contributed by atoms with Crippen LogP contribution >= 0.6 is 0 Å². The van der Waals surface area contributed by atoms with E-state index in [1.807, 2.05) is 12.1 Å². The molecule has 1 aliphatic rings. The molecule has 2 nitrogen and oxygen atoms in total. The third kappa shape index (κ3) is 3.29. The van der Waals surface area contributed by atoms with Crippen LogP contribution in [0.15, 0.2) is 24.3 Å². The number of hydrogen-bond acceptors (Lipinski definition) is 1. The van der Waals surface area contributed by atoms with Crippen LogP contribution < -0.4 is 5.32 Å². The van der Waals surface area contributed by atoms with Crippen LogP contribution in [0.3, 0.4) is 0 Å². The second kappa shape index (κ2) is 5.24. The predicted octanol–water partition coefficient (Wildman–Crippen LogP) is 1.07. The Balaban J connectivity index is 1.71. The summed E-state index contributed by atoms with van der Waals surface area (Å²) < 4.78 is 18.1. The van der Waals surface area contributed by atoms with Gasteiger partial charge in [-0.15, -0.1) is 0 Å². The minimum absolute atomic E-state index is 0.169. The molecule has 1 saturated heterocycles. The average molecular weight is 210 g/mol. The number of hydrogen-bond donors (Lipinski definition) is 1. The molecule has 1 aromatic carbocycles. The van der Waals surface area contributed by atoms with Crippen molar-refractivity contribution < 1.29 is 14.4 Å². The average Bonchev–Trinajstić information content (AvgIpc) is 2.74. The number of ether oxygens (including phenoxy) is 1. The highest BCUT2D eigenvalue weighted by atomic mass is 19.1. The molecule has 82 valence electrons. The fraction of sp³-hybridized carbons (Fsp3) is 0.500. The van der Waals surface area contributed by atoms with E-state index in [9.17, 15) is 4.39 Å². The Morgan fingerprint density at radius 3 is 2.80 bits per heavy atom. The Morgan fingerprint density at radius 2 is 2.13 bits per heavy atom. The molecule has 1 aromatic rings. The third-order valence-electron chi connectivity index (χ3n) is 2.75. The zero-order valence-corrected chi connectivity index (χ0v) is 8.79. The molecular formula is C12H17FNO+. The standard InChI is InChI=1S/C12H16FNO/c13-11-5-3-10(4-6-11)8-14-9-12-2-1-7-15-12/h3-6,12,14H,1-2,7-9H2/p+1/t12-/m1/s1. The molecule has 0 spiro atoms. The van der Waals surface area contributed by atoms with Gasteiger partial charge in [-0.2, -0.15) is 0 Å². The first kappa shape index (κ1) is 10.6. The smallest absolute Gasteiger partial charge is 0.123 e. The summed E-state index contributed by atoms with van der Waals surface area (Å²) in [5.74, 6) is -0.169. The van der Waals surface area contributed by atoms with Crippen molar-refractivity contribution in [1.29, 1.82) is 0 Å². The van der Waals surface area contributed by atoms with Gasteiger partial charge in [0.2, 0.25) is 0 Å². The fourth-order valence-corrected chi connectivity index (χ4v) is 1.89. The summed E-state index contributed by atoms with van der Waals surface area (Å²) in [7, 11) is 0. The van der Waals surface area contributed by atoms with Crippen molar-refractivity contribution in [2.45, 2.75) is 25.5 Å². The molecule has 0 radical (unpaired) electrons. The van der Waals surface area contributed by atoms with E-state index in [-0.39, 0.29) is 5.82 Å². The van der Waals surface area contributed by atoms with Gasteiger partial charge < -0.3 is 10.1 Å². The molecule has 0 bridgehead atoms. The predicted molar refractivity (Wildman–Crippen MR) is 55.9 cm³/mol. The van der Waals surface area contributed by atoms with Gasteiger partial charge in [-0.3, -0.25) is 0 Å². The van der Waals surface area contributed by atoms with Crippen LogP contribution in [-0.2, 0) is 11.3 Å². The monoisotopic (exact) mass is 210 g/mol. The van der Waals surface area contributed by atoms with Gasteiger partial charge in [-0.25, -0.2) is 4.39 Å². The summed E-state index contributed by atoms with van der Waals surface area (Å²) in [4.78, 5) is 0. The quantitative estimate of drug-likeness (QED) is 0.790. The van der Waals surface area contributed by atoms with E-state index in [1.54, 1.807) is 0 Å². The molecule has 0 amide bonds. The molecule has 0 unspecified atom stereocenters. The molecule has 0 saturated carbocycles. The molecule has 1 fully saturated rings. The second-order valence-corrected chi connectivity index (χ2v) is 3.99. The van der Waals surface area contributed by atoms with Crippen LogP contribution in [-0.4, -0.2) is 19.3 Å². The number of rotatable bonds is 4. The van der Waals surface area contributed by atoms with E-state index in [4.69, 9.17) is 4.74 Å². The maximum atomic E-state index is 12.6. The van der Waals surface area contributed by atoms with Gasteiger partial charge >= 0.3 is 0 Å². The molecular weight excluding hydrogens is 193 g/mol. The minimum atomic E-state index is -0.169. The highest BCUT2D eigenvalue weighted by Gasteiger charge is 2.16. The van der Waals surface area contributed by atoms with E-state index in [0.29, 0.717) is 6.10 Å². The maximum Gasteiger partial charge on any atom is 0.123 e. The van der Waals surface area contributed by atoms with E-state index in [2.05, 4.69) is 5.32 Å². The molecule has 1 atom stereocenters. The maximum absolute atomic E-state index is 12.6. The Labute approximate surface area is 89.4 Å². The number of nitrogens with two attached hydrogens (primary N) is 1. The SMILES string of the molecule is Fc1ccc(C[NH2+]C[C@H]2CCCO2)cc1. The first-order chi connectivity index (χ1) is 7.34. The normalized spacial score (nSPS) is 20.7. The first-order valence-corrected chi connectivity index (χ1v) is 5.52. The van der Waals surface area contributed by atoms with E-state index < -0.39 is 0 Å². The first-order valence-electron chi connectivity index (χ1n) is 5.52. The molecule has 2 N–H and O–H groups in total. The van der Waals surface area contributed by atoms with E-state index >= 15 is 0 Å². The molecule has 2 rings (SSSR count). The molecule has 0 aliphatic carbocycles. The summed E-state index contributed by atoms with van der Waals surface area (Å²) in [6.45, 7) is 2.83. The summed E-state index contributed by atoms with van der Waals surface area (Å²) in [6.07, 6.45) is 2.79. The van der Waals surface area contributed by atoms with Gasteiger partial charge in [-0.1, -0.05) is 12.1 Å². The van der Waals surface area contributed by atoms with Crippen molar-refractivity contribution in [3.63, 3.8) is 0 Å². The lowest BCUT2D eigenvalue weighted by Gasteiger charge is -2.07. The molecule has 3 heteroatoms. The highest BCUT2D eigenvalue weighted by molar-refractivity contribution is 5.14. The Hall–Kier alpha value is -0.930. The number of benzene rings is 1. The summed E-state index contributed by atoms with van der Waals surface area (Å²) in [6, 6.07) is 6.69. The van der Waals surface area contributed by atoms with Crippen molar-refractivity contribution in [3.8, 4) is 0 Å². The van der Waals surface area contributed by atoms with Gasteiger partial charge in [0, 0.05) is 12.2 Å². The van der Waals surface area contributed by atoms with Crippen molar-refractivity contribution in [2.75, 3.05) is 13.2 Å². The van der Waals surface area contributed by atoms with Crippen molar-refractivity contribution >= 4 is 0 Å². The molecule has 1 aliphatic heterocycles. The van der Waals surface area contributed by atoms with Gasteiger partial charge in [0.15, 0.2) is 0 Å². The van der Waals surface area contributed by atoms with Crippen LogP contribution in [0.1, 0.15) is 18.4 Å². The van der Waals surface area contributed by atoms with E-state index in [0.717, 1.165) is 25.3 Å². The number of quaternary nitrogens is 1. The minimum Gasteiger partial charge on any atom is -0.372 e. The third-order valence-corrected chi connectivity index (χ3v) is 2.75. The lowest BCUT2D eigenvalue weighted by molar-refractivity contribution is -0.676.